The SMILES string of the molecule is CC(C)(C)Cn1cc([C@H](NS(=O)(=O)C2CCC2)C(F)(F)F)c2ccc(-c3c(F)cccc3C#N)cc21. The first-order chi connectivity index (χ1) is 16.7. The highest BCUT2D eigenvalue weighted by Crippen LogP contribution is 2.41. The van der Waals surface area contributed by atoms with Crippen molar-refractivity contribution < 1.29 is 26.0 Å². The summed E-state index contributed by atoms with van der Waals surface area (Å²) in [6.07, 6.45) is -2.22. The van der Waals surface area contributed by atoms with E-state index in [0.29, 0.717) is 36.9 Å². The molecule has 36 heavy (non-hydrogen) atoms. The van der Waals surface area contributed by atoms with E-state index in [0.717, 1.165) is 0 Å². The Morgan fingerprint density at radius 3 is 2.42 bits per heavy atom. The Morgan fingerprint density at radius 2 is 1.86 bits per heavy atom. The highest BCUT2D eigenvalue weighted by molar-refractivity contribution is 7.90. The third-order valence-corrected chi connectivity index (χ3v) is 8.31. The molecule has 1 fully saturated rings. The lowest BCUT2D eigenvalue weighted by atomic mass is 9.96. The van der Waals surface area contributed by atoms with E-state index in [1.54, 1.807) is 10.6 Å². The summed E-state index contributed by atoms with van der Waals surface area (Å²) in [5, 5.41) is 8.83. The molecule has 1 aliphatic carbocycles. The van der Waals surface area contributed by atoms with E-state index < -0.39 is 33.3 Å². The lowest BCUT2D eigenvalue weighted by Gasteiger charge is -2.29. The van der Waals surface area contributed by atoms with Crippen molar-refractivity contribution in [2.24, 2.45) is 5.41 Å². The van der Waals surface area contributed by atoms with Gasteiger partial charge in [0, 0.05) is 34.8 Å². The maximum Gasteiger partial charge on any atom is 0.408 e. The number of hydrogen-bond donors (Lipinski definition) is 1. The van der Waals surface area contributed by atoms with Gasteiger partial charge < -0.3 is 4.57 Å². The minimum Gasteiger partial charge on any atom is -0.347 e. The molecule has 1 heterocycles. The first-order valence-corrected chi connectivity index (χ1v) is 13.2. The maximum atomic E-state index is 14.7. The molecule has 1 aliphatic rings. The second-order valence-electron chi connectivity index (χ2n) is 10.5. The van der Waals surface area contributed by atoms with Crippen molar-refractivity contribution in [3.63, 3.8) is 0 Å². The fourth-order valence-electron chi connectivity index (χ4n) is 4.51. The van der Waals surface area contributed by atoms with Gasteiger partial charge in [0.1, 0.15) is 11.9 Å². The van der Waals surface area contributed by atoms with Gasteiger partial charge in [-0.25, -0.2) is 12.8 Å². The van der Waals surface area contributed by atoms with Crippen LogP contribution in [0.5, 0.6) is 0 Å². The molecule has 0 aliphatic heterocycles. The number of nitrogens with one attached hydrogen (secondary N) is 1. The maximum absolute atomic E-state index is 14.7. The van der Waals surface area contributed by atoms with Crippen LogP contribution in [0, 0.1) is 22.6 Å². The lowest BCUT2D eigenvalue weighted by Crippen LogP contribution is -2.44. The summed E-state index contributed by atoms with van der Waals surface area (Å²) in [5.74, 6) is -0.621. The third-order valence-electron chi connectivity index (χ3n) is 6.39. The number of benzene rings is 2. The fraction of sp³-hybridized carbons (Fsp3) is 0.423. The quantitative estimate of drug-likeness (QED) is 0.379. The van der Waals surface area contributed by atoms with Gasteiger partial charge in [0.15, 0.2) is 0 Å². The zero-order chi connectivity index (χ0) is 26.5. The summed E-state index contributed by atoms with van der Waals surface area (Å²) in [7, 11) is -4.18. The highest BCUT2D eigenvalue weighted by Gasteiger charge is 2.46. The van der Waals surface area contributed by atoms with Crippen molar-refractivity contribution in [2.75, 3.05) is 0 Å². The molecule has 0 saturated heterocycles. The van der Waals surface area contributed by atoms with E-state index in [9.17, 15) is 31.2 Å². The zero-order valence-electron chi connectivity index (χ0n) is 20.2. The van der Waals surface area contributed by atoms with Crippen LogP contribution in [-0.2, 0) is 16.6 Å². The molecule has 0 radical (unpaired) electrons. The lowest BCUT2D eigenvalue weighted by molar-refractivity contribution is -0.152. The molecule has 0 amide bonds. The molecule has 1 atom stereocenters. The number of rotatable bonds is 6. The summed E-state index contributed by atoms with van der Waals surface area (Å²) < 4.78 is 86.4. The monoisotopic (exact) mass is 521 g/mol. The molecular weight excluding hydrogens is 494 g/mol. The van der Waals surface area contributed by atoms with E-state index in [-0.39, 0.29) is 27.5 Å². The first kappa shape index (κ1) is 26.2. The topological polar surface area (TPSA) is 74.9 Å². The minimum atomic E-state index is -4.88. The molecule has 1 aromatic heterocycles. The normalized spacial score (nSPS) is 16.1. The van der Waals surface area contributed by atoms with E-state index in [2.05, 4.69) is 0 Å². The first-order valence-electron chi connectivity index (χ1n) is 11.6. The average molecular weight is 522 g/mol. The second-order valence-corrected chi connectivity index (χ2v) is 12.5. The number of nitrogens with zero attached hydrogens (tertiary/aromatic N) is 2. The van der Waals surface area contributed by atoms with Crippen molar-refractivity contribution in [1.82, 2.24) is 9.29 Å². The van der Waals surface area contributed by atoms with Gasteiger partial charge in [-0.3, -0.25) is 0 Å². The number of halogens is 4. The molecule has 1 N–H and O–H groups in total. The van der Waals surface area contributed by atoms with Gasteiger partial charge in [-0.1, -0.05) is 45.4 Å². The van der Waals surface area contributed by atoms with Crippen LogP contribution in [0.1, 0.15) is 57.2 Å². The molecule has 1 saturated carbocycles. The van der Waals surface area contributed by atoms with Crippen molar-refractivity contribution in [2.45, 2.75) is 64.0 Å². The molecule has 0 unspecified atom stereocenters. The summed E-state index contributed by atoms with van der Waals surface area (Å²) in [6, 6.07) is 8.07. The number of nitriles is 1. The van der Waals surface area contributed by atoms with Gasteiger partial charge >= 0.3 is 6.18 Å². The van der Waals surface area contributed by atoms with Crippen LogP contribution in [0.15, 0.2) is 42.6 Å². The van der Waals surface area contributed by atoms with E-state index in [4.69, 9.17) is 0 Å². The van der Waals surface area contributed by atoms with Crippen LogP contribution in [0.3, 0.4) is 0 Å². The Labute approximate surface area is 207 Å². The predicted octanol–water partition coefficient (Wildman–Crippen LogP) is 6.44. The minimum absolute atomic E-state index is 0.0602. The third kappa shape index (κ3) is 5.13. The van der Waals surface area contributed by atoms with Crippen LogP contribution in [0.2, 0.25) is 0 Å². The van der Waals surface area contributed by atoms with Crippen molar-refractivity contribution in [1.29, 1.82) is 5.26 Å². The largest absolute Gasteiger partial charge is 0.408 e. The fourth-order valence-corrected chi connectivity index (χ4v) is 6.24. The van der Waals surface area contributed by atoms with E-state index in [1.165, 1.54) is 36.5 Å². The number of sulfonamides is 1. The number of aromatic nitrogens is 1. The summed E-state index contributed by atoms with van der Waals surface area (Å²) >= 11 is 0. The van der Waals surface area contributed by atoms with E-state index >= 15 is 0 Å². The van der Waals surface area contributed by atoms with Crippen LogP contribution < -0.4 is 4.72 Å². The summed E-state index contributed by atoms with van der Waals surface area (Å²) in [6.45, 7) is 6.10. The Bertz CT molecular complexity index is 1440. The Morgan fingerprint density at radius 1 is 1.17 bits per heavy atom. The zero-order valence-corrected chi connectivity index (χ0v) is 21.0. The summed E-state index contributed by atoms with van der Waals surface area (Å²) in [4.78, 5) is 0. The number of fused-ring (bicyclic) bond motifs is 1. The molecule has 3 aromatic rings. The van der Waals surface area contributed by atoms with Crippen molar-refractivity contribution >= 4 is 20.9 Å². The van der Waals surface area contributed by atoms with Crippen LogP contribution in [0.25, 0.3) is 22.0 Å². The van der Waals surface area contributed by atoms with Gasteiger partial charge in [0.2, 0.25) is 10.0 Å². The smallest absolute Gasteiger partial charge is 0.347 e. The summed E-state index contributed by atoms with van der Waals surface area (Å²) in [5.41, 5.74) is 0.353. The molecule has 192 valence electrons. The molecule has 5 nitrogen and oxygen atoms in total. The van der Waals surface area contributed by atoms with Crippen molar-refractivity contribution in [3.8, 4) is 17.2 Å². The van der Waals surface area contributed by atoms with Crippen LogP contribution in [0.4, 0.5) is 17.6 Å². The second kappa shape index (κ2) is 9.20. The van der Waals surface area contributed by atoms with Crippen LogP contribution >= 0.6 is 0 Å². The molecule has 2 aromatic carbocycles. The number of alkyl halides is 3. The number of hydrogen-bond acceptors (Lipinski definition) is 3. The highest BCUT2D eigenvalue weighted by atomic mass is 32.2. The molecule has 0 bridgehead atoms. The predicted molar refractivity (Wildman–Crippen MR) is 130 cm³/mol. The molecule has 4 rings (SSSR count). The van der Waals surface area contributed by atoms with Crippen LogP contribution in [-0.4, -0.2) is 24.4 Å². The van der Waals surface area contributed by atoms with Gasteiger partial charge in [0.25, 0.3) is 0 Å². The Kier molecular flexibility index (Phi) is 6.69. The molecular formula is C26H27F4N3O2S. The Hall–Kier alpha value is -2.90. The van der Waals surface area contributed by atoms with E-state index in [1.807, 2.05) is 31.6 Å². The molecule has 0 spiro atoms. The Balaban J connectivity index is 1.91. The standard InChI is InChI=1S/C26H27F4N3O2S/c1-25(2,3)15-33-14-20(24(26(28,29)30)32-36(34,35)18-7-5-8-18)19-11-10-16(12-22(19)33)23-17(13-31)6-4-9-21(23)27/h4,6,9-12,14,18,24,32H,5,7-8,15H2,1-3H3/t24-/m0/s1. The van der Waals surface area contributed by atoms with Crippen molar-refractivity contribution in [3.05, 3.63) is 59.5 Å². The van der Waals surface area contributed by atoms with Gasteiger partial charge in [0.05, 0.1) is 16.9 Å². The average Bonchev–Trinajstić information content (AvgIpc) is 3.05. The van der Waals surface area contributed by atoms with Gasteiger partial charge in [-0.15, -0.1) is 0 Å². The van der Waals surface area contributed by atoms with Gasteiger partial charge in [-0.05, 0) is 42.0 Å². The molecule has 10 heteroatoms. The van der Waals surface area contributed by atoms with Gasteiger partial charge in [-0.2, -0.15) is 23.2 Å².